The maximum Gasteiger partial charge on any atom is 0.164 e. The molecule has 0 fully saturated rings. The van der Waals surface area contributed by atoms with Crippen molar-refractivity contribution in [2.45, 2.75) is 12.8 Å². The summed E-state index contributed by atoms with van der Waals surface area (Å²) < 4.78 is 0. The smallest absolute Gasteiger partial charge is 0.164 e. The lowest BCUT2D eigenvalue weighted by molar-refractivity contribution is 0.972. The van der Waals surface area contributed by atoms with Crippen LogP contribution in [0.15, 0.2) is 480 Å². The largest absolute Gasteiger partial charge is 0.264 e. The Hall–Kier alpha value is -18.9. The van der Waals surface area contributed by atoms with Gasteiger partial charge < -0.3 is 0 Å². The van der Waals surface area contributed by atoms with Crippen molar-refractivity contribution in [3.8, 4) is 136 Å². The summed E-state index contributed by atoms with van der Waals surface area (Å²) in [5.74, 6) is 4.59. The highest BCUT2D eigenvalue weighted by atomic mass is 15.0. The van der Waals surface area contributed by atoms with Gasteiger partial charge in [0.1, 0.15) is 0 Å². The molecule has 142 heavy (non-hydrogen) atoms. The van der Waals surface area contributed by atoms with Crippen LogP contribution in [0.5, 0.6) is 0 Å². The molecule has 0 unspecified atom stereocenters. The van der Waals surface area contributed by atoms with Crippen molar-refractivity contribution in [3.63, 3.8) is 0 Å². The summed E-state index contributed by atoms with van der Waals surface area (Å²) >= 11 is 0. The van der Waals surface area contributed by atoms with Crippen molar-refractivity contribution < 1.29 is 0 Å². The van der Waals surface area contributed by atoms with Crippen LogP contribution in [0.25, 0.3) is 271 Å². The highest BCUT2D eigenvalue weighted by Crippen LogP contribution is 2.45. The molecule has 27 aromatic rings. The summed E-state index contributed by atoms with van der Waals surface area (Å²) in [5, 5.41) is 28.2. The van der Waals surface area contributed by atoms with Crippen LogP contribution in [0.3, 0.4) is 0 Å². The van der Waals surface area contributed by atoms with Crippen LogP contribution in [-0.2, 0) is 6.42 Å². The van der Waals surface area contributed by atoms with Crippen molar-refractivity contribution in [2.75, 3.05) is 0 Å². The van der Waals surface area contributed by atoms with Crippen molar-refractivity contribution in [1.29, 1.82) is 0 Å². The van der Waals surface area contributed by atoms with Crippen molar-refractivity contribution in [1.82, 2.24) is 49.8 Å². The predicted octanol–water partition coefficient (Wildman–Crippen LogP) is 33.8. The first-order valence-electron chi connectivity index (χ1n) is 48.2. The third-order valence-electron chi connectivity index (χ3n) is 27.9. The van der Waals surface area contributed by atoms with Crippen LogP contribution in [0.4, 0.5) is 0 Å². The number of benzene rings is 22. The minimum absolute atomic E-state index is 0.623. The number of rotatable bonds is 12. The molecule has 5 heterocycles. The molecule has 1 aliphatic carbocycles. The van der Waals surface area contributed by atoms with E-state index in [0.29, 0.717) is 40.8 Å². The van der Waals surface area contributed by atoms with E-state index in [9.17, 15) is 0 Å². The highest BCUT2D eigenvalue weighted by molar-refractivity contribution is 6.18. The second-order valence-corrected chi connectivity index (χ2v) is 36.3. The lowest BCUT2D eigenvalue weighted by atomic mass is 9.92. The molecule has 0 saturated heterocycles. The van der Waals surface area contributed by atoms with E-state index in [1.165, 1.54) is 97.5 Å². The van der Waals surface area contributed by atoms with Gasteiger partial charge in [0.2, 0.25) is 0 Å². The van der Waals surface area contributed by atoms with Gasteiger partial charge in [0, 0.05) is 85.2 Å². The lowest BCUT2D eigenvalue weighted by Crippen LogP contribution is -2.01. The van der Waals surface area contributed by atoms with Gasteiger partial charge in [-0.05, 0) is 201 Å². The Kier molecular flexibility index (Phi) is 21.2. The molecule has 0 radical (unpaired) electrons. The van der Waals surface area contributed by atoms with E-state index >= 15 is 0 Å². The molecular weight excluding hydrogens is 1730 g/mol. The number of hydrogen-bond donors (Lipinski definition) is 0. The highest BCUT2D eigenvalue weighted by Gasteiger charge is 2.24. The molecule has 10 heteroatoms. The zero-order valence-electron chi connectivity index (χ0n) is 77.1. The zero-order valence-corrected chi connectivity index (χ0v) is 77.1. The second kappa shape index (κ2) is 36.0. The molecular formula is C132H84N10. The van der Waals surface area contributed by atoms with Crippen LogP contribution in [0.2, 0.25) is 0 Å². The van der Waals surface area contributed by atoms with Gasteiger partial charge in [0.05, 0.1) is 17.1 Å². The standard InChI is InChI=1S/C47H31N3.C46H28N4.C39H25N3/c1-4-14-35-32(11-1)25-42(40-19-9-7-17-38(35)40)45-27-46(43-26-33-12-2-5-15-36(33)39-18-8-10-20-41(39)43)50-47(49-45)31-23-21-30(22-24-31)44-29-48-28-34-13-3-6-16-37(34)44;1-2-14-34-28-47-43(27-31(34)11-1)29-21-23-30(24-22-29)44-48-45(41-25-32-12-3-5-15-35(32)37-17-7-9-19-39(37)41)50-46(49-44)42-26-33-13-4-6-16-36(33)38-18-8-10-20-40(38)42;1-4-16-31-26(10-1)13-7-19-32(31)29-22-24-30(25-23-29)37-40-38(35-20-8-14-27-11-2-5-17-33(27)35)42-39(41-37)36-21-9-15-28-12-3-6-18-34(28)36/h1-2,4-12,14-29H,3,13H2;1-28H;1-25H. The van der Waals surface area contributed by atoms with E-state index in [-0.39, 0.29) is 0 Å². The average molecular weight is 1810 g/mol. The normalized spacial score (nSPS) is 11.9. The van der Waals surface area contributed by atoms with Gasteiger partial charge in [-0.15, -0.1) is 0 Å². The van der Waals surface area contributed by atoms with Gasteiger partial charge in [-0.2, -0.15) is 0 Å². The van der Waals surface area contributed by atoms with E-state index in [2.05, 4.69) is 466 Å². The number of allylic oxidation sites excluding steroid dienone is 1. The molecule has 28 rings (SSSR count). The zero-order chi connectivity index (χ0) is 93.9. The van der Waals surface area contributed by atoms with E-state index in [1.54, 1.807) is 0 Å². The minimum atomic E-state index is 0.623. The average Bonchev–Trinajstić information content (AvgIpc) is 0.748. The summed E-state index contributed by atoms with van der Waals surface area (Å²) in [6.45, 7) is 0. The van der Waals surface area contributed by atoms with Gasteiger partial charge in [-0.25, -0.2) is 39.9 Å². The van der Waals surface area contributed by atoms with Crippen LogP contribution in [-0.4, -0.2) is 49.8 Å². The molecule has 0 atom stereocenters. The summed E-state index contributed by atoms with van der Waals surface area (Å²) in [6, 6.07) is 160. The predicted molar refractivity (Wildman–Crippen MR) is 590 cm³/mol. The van der Waals surface area contributed by atoms with Gasteiger partial charge in [-0.3, -0.25) is 9.97 Å². The van der Waals surface area contributed by atoms with Gasteiger partial charge in [-0.1, -0.05) is 431 Å². The first kappa shape index (κ1) is 83.7. The number of pyridine rings is 2. The Morgan fingerprint density at radius 3 is 0.880 bits per heavy atom. The molecule has 0 spiro atoms. The number of aromatic nitrogens is 10. The monoisotopic (exact) mass is 1810 g/mol. The summed E-state index contributed by atoms with van der Waals surface area (Å²) in [4.78, 5) is 50.9. The lowest BCUT2D eigenvalue weighted by Gasteiger charge is -2.16. The van der Waals surface area contributed by atoms with Gasteiger partial charge in [0.25, 0.3) is 0 Å². The molecule has 662 valence electrons. The van der Waals surface area contributed by atoms with Gasteiger partial charge in [0.15, 0.2) is 40.8 Å². The van der Waals surface area contributed by atoms with E-state index in [0.717, 1.165) is 151 Å². The van der Waals surface area contributed by atoms with Crippen LogP contribution in [0, 0.1) is 0 Å². The maximum absolute atomic E-state index is 5.34. The Labute approximate surface area is 818 Å². The Morgan fingerprint density at radius 1 is 0.162 bits per heavy atom. The molecule has 0 aliphatic heterocycles. The number of nitrogens with zero attached hydrogens (tertiary/aromatic N) is 10. The number of aryl methyl sites for hydroxylation is 1. The van der Waals surface area contributed by atoms with Gasteiger partial charge >= 0.3 is 0 Å². The molecule has 22 aromatic carbocycles. The third kappa shape index (κ3) is 15.6. The fourth-order valence-corrected chi connectivity index (χ4v) is 20.9. The molecule has 5 aromatic heterocycles. The van der Waals surface area contributed by atoms with E-state index < -0.39 is 0 Å². The van der Waals surface area contributed by atoms with Crippen molar-refractivity contribution in [3.05, 3.63) is 491 Å². The first-order chi connectivity index (χ1) is 70.4. The Bertz CT molecular complexity index is 9370. The topological polar surface area (TPSA) is 129 Å². The van der Waals surface area contributed by atoms with Crippen molar-refractivity contribution in [2.24, 2.45) is 0 Å². The Morgan fingerprint density at radius 2 is 0.458 bits per heavy atom. The fourth-order valence-electron chi connectivity index (χ4n) is 20.9. The molecule has 10 nitrogen and oxygen atoms in total. The third-order valence-corrected chi connectivity index (χ3v) is 27.9. The summed E-state index contributed by atoms with van der Waals surface area (Å²) in [7, 11) is 0. The number of fused-ring (bicyclic) bond motifs is 17. The second-order valence-electron chi connectivity index (χ2n) is 36.3. The SMILES string of the molecule is C1=Cc2c(cncc2-c2ccc(-c3nc(-c4cc5ccccc5c5ccccc45)cc(-c4cc5ccccc5c5ccccc45)n3)cc2)CC1.c1ccc2c(-c3ccc(-c4nc(-c5cccc6ccccc56)nc(-c5cccc6ccccc56)n4)cc3)cccc2c1.c1ccc2cc(-c3ccc(-c4nc(-c5cc6ccccc6c6ccccc56)nc(-c5cc6ccccc6c6ccccc56)n4)cc3)ncc2c1. The van der Waals surface area contributed by atoms with Crippen LogP contribution in [0.1, 0.15) is 17.5 Å². The molecule has 0 saturated carbocycles. The first-order valence-corrected chi connectivity index (χ1v) is 48.2. The van der Waals surface area contributed by atoms with E-state index in [1.807, 2.05) is 24.7 Å². The summed E-state index contributed by atoms with van der Waals surface area (Å²) in [5.41, 5.74) is 20.0. The molecule has 0 bridgehead atoms. The molecule has 0 amide bonds. The molecule has 1 aliphatic rings. The van der Waals surface area contributed by atoms with Crippen LogP contribution >= 0.6 is 0 Å². The summed E-state index contributed by atoms with van der Waals surface area (Å²) in [6.07, 6.45) is 12.5. The van der Waals surface area contributed by atoms with E-state index in [4.69, 9.17) is 44.9 Å². The van der Waals surface area contributed by atoms with Crippen molar-refractivity contribution >= 4 is 135 Å². The Balaban J connectivity index is 0.000000110. The molecule has 0 N–H and O–H groups in total. The number of hydrogen-bond acceptors (Lipinski definition) is 10. The fraction of sp³-hybridized carbons (Fsp3) is 0.0152. The quantitative estimate of drug-likeness (QED) is 0.109. The van der Waals surface area contributed by atoms with Crippen LogP contribution < -0.4 is 0 Å². The minimum Gasteiger partial charge on any atom is -0.264 e. The maximum atomic E-state index is 5.34.